The monoisotopic (exact) mass is 378 g/mol. The summed E-state index contributed by atoms with van der Waals surface area (Å²) in [6.45, 7) is 3.95. The summed E-state index contributed by atoms with van der Waals surface area (Å²) in [5, 5.41) is 4.64. The van der Waals surface area contributed by atoms with Crippen molar-refractivity contribution in [2.45, 2.75) is 20.3 Å². The van der Waals surface area contributed by atoms with Crippen molar-refractivity contribution in [2.24, 2.45) is 5.92 Å². The Hall–Kier alpha value is -3.03. The highest BCUT2D eigenvalue weighted by Crippen LogP contribution is 2.25. The Morgan fingerprint density at radius 1 is 1.15 bits per heavy atom. The molecule has 0 aliphatic rings. The van der Waals surface area contributed by atoms with Crippen molar-refractivity contribution in [3.8, 4) is 11.5 Å². The molecule has 0 saturated heterocycles. The number of hydrogen-bond donors (Lipinski definition) is 2. The average molecular weight is 378 g/mol. The largest absolute Gasteiger partial charge is 0.497 e. The lowest BCUT2D eigenvalue weighted by atomic mass is 10.1. The topological polar surface area (TPSA) is 103 Å². The van der Waals surface area contributed by atoms with Crippen LogP contribution in [0.25, 0.3) is 6.08 Å². The highest BCUT2D eigenvalue weighted by molar-refractivity contribution is 5.96. The summed E-state index contributed by atoms with van der Waals surface area (Å²) < 4.78 is 15.1. The van der Waals surface area contributed by atoms with Gasteiger partial charge in [0.1, 0.15) is 11.5 Å². The molecule has 0 saturated carbocycles. The summed E-state index contributed by atoms with van der Waals surface area (Å²) in [5.74, 6) is 0.160. The molecule has 0 atom stereocenters. The lowest BCUT2D eigenvalue weighted by molar-refractivity contribution is -0.143. The minimum absolute atomic E-state index is 0.442. The van der Waals surface area contributed by atoms with E-state index in [-0.39, 0.29) is 0 Å². The van der Waals surface area contributed by atoms with E-state index in [9.17, 15) is 14.4 Å². The van der Waals surface area contributed by atoms with Crippen LogP contribution < -0.4 is 20.1 Å². The molecule has 1 aromatic carbocycles. The molecule has 8 heteroatoms. The third kappa shape index (κ3) is 8.75. The summed E-state index contributed by atoms with van der Waals surface area (Å²) in [7, 11) is 3.04. The number of nitrogens with one attached hydrogen (secondary N) is 2. The van der Waals surface area contributed by atoms with Crippen LogP contribution in [0, 0.1) is 5.92 Å². The number of esters is 1. The van der Waals surface area contributed by atoms with Gasteiger partial charge in [0.25, 0.3) is 5.91 Å². The Bertz CT molecular complexity index is 685. The molecule has 0 aromatic heterocycles. The average Bonchev–Trinajstić information content (AvgIpc) is 2.63. The Balaban J connectivity index is 2.45. The third-order valence-corrected chi connectivity index (χ3v) is 3.44. The summed E-state index contributed by atoms with van der Waals surface area (Å²) in [6.07, 6.45) is 3.45. The van der Waals surface area contributed by atoms with Crippen LogP contribution in [0.1, 0.15) is 25.8 Å². The molecule has 0 radical (unpaired) electrons. The molecule has 27 heavy (non-hydrogen) atoms. The molecule has 8 nitrogen and oxygen atoms in total. The van der Waals surface area contributed by atoms with Crippen LogP contribution in [0.15, 0.2) is 24.3 Å². The first kappa shape index (κ1) is 22.0. The zero-order valence-corrected chi connectivity index (χ0v) is 16.0. The van der Waals surface area contributed by atoms with Crippen molar-refractivity contribution in [1.82, 2.24) is 10.6 Å². The number of carbonyl (C=O) groups is 3. The number of imide groups is 1. The summed E-state index contributed by atoms with van der Waals surface area (Å²) in [6, 6.07) is 4.50. The van der Waals surface area contributed by atoms with E-state index in [4.69, 9.17) is 14.2 Å². The fourth-order valence-electron chi connectivity index (χ4n) is 1.99. The van der Waals surface area contributed by atoms with Crippen LogP contribution in [-0.2, 0) is 14.3 Å². The van der Waals surface area contributed by atoms with Crippen molar-refractivity contribution < 1.29 is 28.6 Å². The first-order valence-corrected chi connectivity index (χ1v) is 8.50. The Kier molecular flexibility index (Phi) is 9.42. The van der Waals surface area contributed by atoms with Gasteiger partial charge in [0.2, 0.25) is 0 Å². The maximum Gasteiger partial charge on any atom is 0.331 e. The Morgan fingerprint density at radius 2 is 1.89 bits per heavy atom. The van der Waals surface area contributed by atoms with Crippen LogP contribution >= 0.6 is 0 Å². The van der Waals surface area contributed by atoms with Crippen LogP contribution in [0.3, 0.4) is 0 Å². The fraction of sp³-hybridized carbons (Fsp3) is 0.421. The third-order valence-electron chi connectivity index (χ3n) is 3.44. The number of benzene rings is 1. The van der Waals surface area contributed by atoms with Crippen molar-refractivity contribution in [3.63, 3.8) is 0 Å². The zero-order valence-electron chi connectivity index (χ0n) is 16.0. The SMILES string of the molecule is COc1ccc(OC)c(/C=C/C(=O)OCC(=O)NC(=O)NCCC(C)C)c1. The number of rotatable bonds is 9. The number of amides is 3. The molecule has 0 bridgehead atoms. The first-order valence-electron chi connectivity index (χ1n) is 8.50. The van der Waals surface area contributed by atoms with E-state index in [1.54, 1.807) is 18.2 Å². The Morgan fingerprint density at radius 3 is 2.52 bits per heavy atom. The van der Waals surface area contributed by atoms with E-state index >= 15 is 0 Å². The lowest BCUT2D eigenvalue weighted by Gasteiger charge is -2.08. The van der Waals surface area contributed by atoms with Gasteiger partial charge in [0, 0.05) is 18.2 Å². The van der Waals surface area contributed by atoms with E-state index in [0.29, 0.717) is 29.5 Å². The van der Waals surface area contributed by atoms with E-state index in [2.05, 4.69) is 10.6 Å². The van der Waals surface area contributed by atoms with Crippen molar-refractivity contribution in [3.05, 3.63) is 29.8 Å². The second-order valence-electron chi connectivity index (χ2n) is 6.04. The maximum atomic E-state index is 11.7. The van der Waals surface area contributed by atoms with Crippen LogP contribution in [0.2, 0.25) is 0 Å². The number of urea groups is 1. The maximum absolute atomic E-state index is 11.7. The normalized spacial score (nSPS) is 10.6. The zero-order chi connectivity index (χ0) is 20.2. The second-order valence-corrected chi connectivity index (χ2v) is 6.04. The predicted molar refractivity (Wildman–Crippen MR) is 101 cm³/mol. The molecule has 0 aliphatic carbocycles. The molecule has 148 valence electrons. The van der Waals surface area contributed by atoms with Gasteiger partial charge in [-0.05, 0) is 36.6 Å². The smallest absolute Gasteiger partial charge is 0.331 e. The van der Waals surface area contributed by atoms with Gasteiger partial charge in [-0.25, -0.2) is 9.59 Å². The quantitative estimate of drug-likeness (QED) is 0.504. The van der Waals surface area contributed by atoms with Gasteiger partial charge in [0.15, 0.2) is 6.61 Å². The van der Waals surface area contributed by atoms with Gasteiger partial charge in [-0.2, -0.15) is 0 Å². The van der Waals surface area contributed by atoms with E-state index < -0.39 is 24.5 Å². The van der Waals surface area contributed by atoms with Gasteiger partial charge in [-0.3, -0.25) is 10.1 Å². The van der Waals surface area contributed by atoms with Gasteiger partial charge in [0.05, 0.1) is 14.2 Å². The van der Waals surface area contributed by atoms with Gasteiger partial charge >= 0.3 is 12.0 Å². The van der Waals surface area contributed by atoms with Crippen LogP contribution in [0.5, 0.6) is 11.5 Å². The van der Waals surface area contributed by atoms with E-state index in [1.807, 2.05) is 13.8 Å². The number of ether oxygens (including phenoxy) is 3. The molecular weight excluding hydrogens is 352 g/mol. The van der Waals surface area contributed by atoms with Gasteiger partial charge in [-0.1, -0.05) is 13.8 Å². The minimum atomic E-state index is -0.727. The molecule has 3 amide bonds. The molecular formula is C19H26N2O6. The van der Waals surface area contributed by atoms with Crippen LogP contribution in [-0.4, -0.2) is 45.3 Å². The highest BCUT2D eigenvalue weighted by atomic mass is 16.5. The van der Waals surface area contributed by atoms with E-state index in [1.165, 1.54) is 20.3 Å². The molecule has 0 heterocycles. The molecule has 2 N–H and O–H groups in total. The summed E-state index contributed by atoms with van der Waals surface area (Å²) in [5.41, 5.74) is 0.614. The molecule has 1 rings (SSSR count). The number of carbonyl (C=O) groups excluding carboxylic acids is 3. The highest BCUT2D eigenvalue weighted by Gasteiger charge is 2.10. The molecule has 1 aromatic rings. The molecule has 0 spiro atoms. The predicted octanol–water partition coefficient (Wildman–Crippen LogP) is 2.13. The minimum Gasteiger partial charge on any atom is -0.497 e. The Labute approximate surface area is 158 Å². The summed E-state index contributed by atoms with van der Waals surface area (Å²) >= 11 is 0. The van der Waals surface area contributed by atoms with E-state index in [0.717, 1.165) is 12.5 Å². The van der Waals surface area contributed by atoms with Crippen molar-refractivity contribution in [1.29, 1.82) is 0 Å². The molecule has 0 aliphatic heterocycles. The molecule has 0 unspecified atom stereocenters. The fourth-order valence-corrected chi connectivity index (χ4v) is 1.99. The van der Waals surface area contributed by atoms with Crippen molar-refractivity contribution in [2.75, 3.05) is 27.4 Å². The lowest BCUT2D eigenvalue weighted by Crippen LogP contribution is -2.41. The standard InChI is InChI=1S/C19H26N2O6/c1-13(2)9-10-20-19(24)21-17(22)12-27-18(23)8-5-14-11-15(25-3)6-7-16(14)26-4/h5-8,11,13H,9-10,12H2,1-4H3,(H2,20,21,22,24)/b8-5+. The van der Waals surface area contributed by atoms with Gasteiger partial charge < -0.3 is 19.5 Å². The number of hydrogen-bond acceptors (Lipinski definition) is 6. The van der Waals surface area contributed by atoms with Crippen molar-refractivity contribution >= 4 is 24.0 Å². The molecule has 0 fully saturated rings. The van der Waals surface area contributed by atoms with Gasteiger partial charge in [-0.15, -0.1) is 0 Å². The number of methoxy groups -OCH3 is 2. The second kappa shape index (κ2) is 11.6. The van der Waals surface area contributed by atoms with Crippen LogP contribution in [0.4, 0.5) is 4.79 Å². The summed E-state index contributed by atoms with van der Waals surface area (Å²) in [4.78, 5) is 34.8. The first-order chi connectivity index (χ1) is 12.8.